The van der Waals surface area contributed by atoms with Gasteiger partial charge < -0.3 is 10.3 Å². The van der Waals surface area contributed by atoms with E-state index in [-0.39, 0.29) is 17.8 Å². The van der Waals surface area contributed by atoms with Crippen LogP contribution in [0.1, 0.15) is 16.1 Å². The zero-order chi connectivity index (χ0) is 20.1. The minimum absolute atomic E-state index is 0.0842. The van der Waals surface area contributed by atoms with Gasteiger partial charge in [0.15, 0.2) is 0 Å². The number of aromatic nitrogens is 3. The zero-order valence-electron chi connectivity index (χ0n) is 15.6. The molecule has 2 aromatic heterocycles. The van der Waals surface area contributed by atoms with Crippen LogP contribution in [0.5, 0.6) is 0 Å². The van der Waals surface area contributed by atoms with Gasteiger partial charge in [0.25, 0.3) is 17.8 Å². The van der Waals surface area contributed by atoms with Crippen LogP contribution in [0.15, 0.2) is 51.6 Å². The van der Waals surface area contributed by atoms with Gasteiger partial charge in [-0.15, -0.1) is 0 Å². The molecule has 0 fully saturated rings. The molecule has 144 valence electrons. The molecular weight excluding hydrogens is 372 g/mol. The molecule has 2 aliphatic rings. The lowest BCUT2D eigenvalue weighted by Crippen LogP contribution is -2.35. The number of anilines is 1. The molecule has 1 atom stereocenters. The van der Waals surface area contributed by atoms with E-state index in [1.54, 1.807) is 26.2 Å². The summed E-state index contributed by atoms with van der Waals surface area (Å²) in [6.07, 6.45) is 3.17. The van der Waals surface area contributed by atoms with E-state index < -0.39 is 5.92 Å². The first-order valence-electron chi connectivity index (χ1n) is 8.95. The number of aliphatic imine (C=N–C) groups is 2. The second kappa shape index (κ2) is 6.23. The maximum Gasteiger partial charge on any atom is 0.265 e. The number of nitrogens with zero attached hydrogens (tertiary/aromatic N) is 6. The van der Waals surface area contributed by atoms with Crippen LogP contribution in [0.4, 0.5) is 5.82 Å². The molecule has 4 heterocycles. The summed E-state index contributed by atoms with van der Waals surface area (Å²) in [6.45, 7) is 1.78. The van der Waals surface area contributed by atoms with Gasteiger partial charge >= 0.3 is 0 Å². The van der Waals surface area contributed by atoms with E-state index in [1.807, 2.05) is 24.3 Å². The first-order valence-corrected chi connectivity index (χ1v) is 8.95. The van der Waals surface area contributed by atoms with E-state index in [0.717, 1.165) is 10.9 Å². The van der Waals surface area contributed by atoms with Gasteiger partial charge in [-0.1, -0.05) is 18.2 Å². The molecule has 29 heavy (non-hydrogen) atoms. The highest BCUT2D eigenvalue weighted by Crippen LogP contribution is 2.22. The Morgan fingerprint density at radius 1 is 1.24 bits per heavy atom. The van der Waals surface area contributed by atoms with Crippen molar-refractivity contribution < 1.29 is 9.59 Å². The van der Waals surface area contributed by atoms with Crippen molar-refractivity contribution in [1.29, 1.82) is 0 Å². The number of hydrogen-bond acceptors (Lipinski definition) is 6. The number of amidine groups is 1. The fourth-order valence-corrected chi connectivity index (χ4v) is 3.38. The molecule has 1 unspecified atom stereocenters. The number of amides is 2. The number of hydrazone groups is 1. The molecule has 0 saturated carbocycles. The maximum atomic E-state index is 12.9. The van der Waals surface area contributed by atoms with Crippen LogP contribution in [-0.2, 0) is 4.79 Å². The van der Waals surface area contributed by atoms with Gasteiger partial charge in [-0.3, -0.25) is 14.6 Å². The topological polar surface area (TPSA) is 120 Å². The van der Waals surface area contributed by atoms with Crippen LogP contribution in [0.2, 0.25) is 0 Å². The van der Waals surface area contributed by atoms with E-state index >= 15 is 0 Å². The summed E-state index contributed by atoms with van der Waals surface area (Å²) in [7, 11) is 1.71. The second-order valence-corrected chi connectivity index (χ2v) is 6.77. The van der Waals surface area contributed by atoms with Crippen molar-refractivity contribution in [3.05, 3.63) is 47.8 Å². The Kier molecular flexibility index (Phi) is 3.66. The van der Waals surface area contributed by atoms with Crippen LogP contribution in [0.3, 0.4) is 0 Å². The Labute approximate surface area is 164 Å². The molecule has 10 nitrogen and oxygen atoms in total. The Morgan fingerprint density at radius 2 is 2.07 bits per heavy atom. The van der Waals surface area contributed by atoms with E-state index in [4.69, 9.17) is 0 Å². The van der Waals surface area contributed by atoms with Crippen molar-refractivity contribution in [3.63, 3.8) is 0 Å². The fraction of sp³-hybridized carbons (Fsp3) is 0.158. The third kappa shape index (κ3) is 2.73. The average Bonchev–Trinajstić information content (AvgIpc) is 3.39. The number of fused-ring (bicyclic) bond motifs is 2. The van der Waals surface area contributed by atoms with Gasteiger partial charge in [0.05, 0.1) is 11.3 Å². The van der Waals surface area contributed by atoms with Crippen molar-refractivity contribution in [2.45, 2.75) is 6.92 Å². The SMILES string of the molecule is Cc1cc(NC(=O)c2c[nH]c3ccccc23)n(C2=NC(=O)C3C=NN(C)C3=N2)n1. The lowest BCUT2D eigenvalue weighted by Gasteiger charge is -2.17. The average molecular weight is 388 g/mol. The number of aryl methyl sites for hydroxylation is 1. The standard InChI is InChI=1S/C19H16N8O2/c1-10-7-15(22-17(28)12-8-20-14-6-4-3-5-11(12)14)27(25-10)19-23-16-13(18(29)24-19)9-21-26(16)2/h3-9,13,20H,1-2H3,(H,22,28). The highest BCUT2D eigenvalue weighted by Gasteiger charge is 2.35. The number of para-hydroxylation sites is 1. The van der Waals surface area contributed by atoms with E-state index in [0.29, 0.717) is 22.9 Å². The van der Waals surface area contributed by atoms with Gasteiger partial charge in [-0.05, 0) is 13.0 Å². The summed E-state index contributed by atoms with van der Waals surface area (Å²) in [6, 6.07) is 9.23. The molecule has 2 N–H and O–H groups in total. The van der Waals surface area contributed by atoms with Gasteiger partial charge in [0.2, 0.25) is 0 Å². The Bertz CT molecular complexity index is 1260. The van der Waals surface area contributed by atoms with E-state index in [1.165, 1.54) is 15.9 Å². The van der Waals surface area contributed by atoms with Gasteiger partial charge in [-0.2, -0.15) is 24.9 Å². The predicted octanol–water partition coefficient (Wildman–Crippen LogP) is 1.62. The summed E-state index contributed by atoms with van der Waals surface area (Å²) in [4.78, 5) is 36.8. The van der Waals surface area contributed by atoms with E-state index in [9.17, 15) is 9.59 Å². The largest absolute Gasteiger partial charge is 0.360 e. The van der Waals surface area contributed by atoms with Crippen molar-refractivity contribution >= 4 is 46.5 Å². The zero-order valence-corrected chi connectivity index (χ0v) is 15.6. The van der Waals surface area contributed by atoms with Crippen LogP contribution in [0, 0.1) is 12.8 Å². The molecule has 0 bridgehead atoms. The molecule has 5 rings (SSSR count). The van der Waals surface area contributed by atoms with Gasteiger partial charge in [0.1, 0.15) is 17.6 Å². The lowest BCUT2D eigenvalue weighted by atomic mass is 10.1. The highest BCUT2D eigenvalue weighted by molar-refractivity contribution is 6.24. The Balaban J connectivity index is 1.50. The molecule has 10 heteroatoms. The quantitative estimate of drug-likeness (QED) is 0.693. The summed E-state index contributed by atoms with van der Waals surface area (Å²) in [5.41, 5.74) is 2.02. The number of rotatable bonds is 2. The Hall–Kier alpha value is -4.08. The van der Waals surface area contributed by atoms with Crippen LogP contribution in [0.25, 0.3) is 10.9 Å². The first-order chi connectivity index (χ1) is 14.0. The van der Waals surface area contributed by atoms with E-state index in [2.05, 4.69) is 30.5 Å². The van der Waals surface area contributed by atoms with Crippen molar-refractivity contribution in [2.24, 2.45) is 21.0 Å². The third-order valence-electron chi connectivity index (χ3n) is 4.79. The summed E-state index contributed by atoms with van der Waals surface area (Å²) < 4.78 is 1.36. The highest BCUT2D eigenvalue weighted by atomic mass is 16.2. The number of carbonyl (C=O) groups excluding carboxylic acids is 2. The van der Waals surface area contributed by atoms with Crippen LogP contribution >= 0.6 is 0 Å². The minimum atomic E-state index is -0.579. The number of H-pyrrole nitrogens is 1. The summed E-state index contributed by atoms with van der Waals surface area (Å²) >= 11 is 0. The Morgan fingerprint density at radius 3 is 2.93 bits per heavy atom. The normalized spacial score (nSPS) is 18.1. The van der Waals surface area contributed by atoms with Crippen molar-refractivity contribution in [3.8, 4) is 0 Å². The van der Waals surface area contributed by atoms with Crippen LogP contribution < -0.4 is 5.32 Å². The van der Waals surface area contributed by atoms with Gasteiger partial charge in [-0.25, -0.2) is 0 Å². The van der Waals surface area contributed by atoms with Gasteiger partial charge in [0, 0.05) is 36.4 Å². The van der Waals surface area contributed by atoms with Crippen molar-refractivity contribution in [1.82, 2.24) is 19.8 Å². The summed E-state index contributed by atoms with van der Waals surface area (Å²) in [5.74, 6) is -0.334. The molecule has 2 amide bonds. The summed E-state index contributed by atoms with van der Waals surface area (Å²) in [5, 5.41) is 13.6. The molecule has 0 radical (unpaired) electrons. The monoisotopic (exact) mass is 388 g/mol. The van der Waals surface area contributed by atoms with Crippen LogP contribution in [-0.4, -0.2) is 56.6 Å². The number of aromatic amines is 1. The second-order valence-electron chi connectivity index (χ2n) is 6.77. The molecule has 2 aliphatic heterocycles. The molecular formula is C19H16N8O2. The number of benzene rings is 1. The molecule has 3 aromatic rings. The third-order valence-corrected chi connectivity index (χ3v) is 4.79. The molecule has 1 aromatic carbocycles. The predicted molar refractivity (Wildman–Crippen MR) is 108 cm³/mol. The maximum absolute atomic E-state index is 12.9. The molecule has 0 saturated heterocycles. The number of nitrogens with one attached hydrogen (secondary N) is 2. The number of carbonyl (C=O) groups is 2. The first kappa shape index (κ1) is 17.0. The molecule has 0 spiro atoms. The minimum Gasteiger partial charge on any atom is -0.360 e. The molecule has 0 aliphatic carbocycles. The smallest absolute Gasteiger partial charge is 0.265 e. The fourth-order valence-electron chi connectivity index (χ4n) is 3.38. The number of hydrogen-bond donors (Lipinski definition) is 2. The lowest BCUT2D eigenvalue weighted by molar-refractivity contribution is -0.118. The van der Waals surface area contributed by atoms with Crippen molar-refractivity contribution in [2.75, 3.05) is 12.4 Å².